The van der Waals surface area contributed by atoms with E-state index >= 15 is 0 Å². The minimum Gasteiger partial charge on any atom is -0.367 e. The molecule has 0 amide bonds. The molecular formula is C15H19N7. The van der Waals surface area contributed by atoms with Crippen LogP contribution in [0.1, 0.15) is 17.0 Å². The van der Waals surface area contributed by atoms with Gasteiger partial charge in [0.1, 0.15) is 5.82 Å². The summed E-state index contributed by atoms with van der Waals surface area (Å²) >= 11 is 0. The molecule has 114 valence electrons. The highest BCUT2D eigenvalue weighted by atomic mass is 15.3. The van der Waals surface area contributed by atoms with Crippen LogP contribution in [0.3, 0.4) is 0 Å². The molecular weight excluding hydrogens is 278 g/mol. The summed E-state index contributed by atoms with van der Waals surface area (Å²) in [6, 6.07) is 2.02. The molecule has 22 heavy (non-hydrogen) atoms. The molecule has 0 bridgehead atoms. The molecule has 3 aromatic rings. The van der Waals surface area contributed by atoms with Crippen LogP contribution in [0.2, 0.25) is 0 Å². The van der Waals surface area contributed by atoms with Crippen molar-refractivity contribution in [3.8, 4) is 5.82 Å². The Labute approximate surface area is 129 Å². The first-order valence-electron chi connectivity index (χ1n) is 7.20. The highest BCUT2D eigenvalue weighted by Crippen LogP contribution is 2.10. The fraction of sp³-hybridized carbons (Fsp3) is 0.333. The van der Waals surface area contributed by atoms with Crippen LogP contribution in [-0.4, -0.2) is 36.1 Å². The second-order valence-electron chi connectivity index (χ2n) is 5.31. The Morgan fingerprint density at radius 2 is 2.00 bits per heavy atom. The second-order valence-corrected chi connectivity index (χ2v) is 5.31. The zero-order valence-electron chi connectivity index (χ0n) is 13.0. The van der Waals surface area contributed by atoms with Crippen LogP contribution in [0.15, 0.2) is 30.9 Å². The third-order valence-corrected chi connectivity index (χ3v) is 3.26. The molecule has 7 nitrogen and oxygen atoms in total. The summed E-state index contributed by atoms with van der Waals surface area (Å²) in [5.41, 5.74) is 3.16. The maximum atomic E-state index is 4.55. The number of nitrogens with zero attached hydrogens (tertiary/aromatic N) is 6. The lowest BCUT2D eigenvalue weighted by molar-refractivity contribution is 0.636. The molecule has 0 aliphatic rings. The predicted octanol–water partition coefficient (Wildman–Crippen LogP) is 1.90. The normalized spacial score (nSPS) is 10.9. The number of hydrogen-bond donors (Lipinski definition) is 1. The van der Waals surface area contributed by atoms with Gasteiger partial charge in [-0.15, -0.1) is 0 Å². The van der Waals surface area contributed by atoms with Crippen molar-refractivity contribution in [1.29, 1.82) is 0 Å². The third kappa shape index (κ3) is 3.13. The van der Waals surface area contributed by atoms with Gasteiger partial charge in [-0.2, -0.15) is 10.2 Å². The molecule has 1 N–H and O–H groups in total. The third-order valence-electron chi connectivity index (χ3n) is 3.26. The Kier molecular flexibility index (Phi) is 3.86. The molecule has 0 radical (unpaired) electrons. The maximum Gasteiger partial charge on any atom is 0.174 e. The molecule has 0 spiro atoms. The van der Waals surface area contributed by atoms with E-state index in [0.29, 0.717) is 5.82 Å². The van der Waals surface area contributed by atoms with Crippen molar-refractivity contribution in [2.75, 3.05) is 11.9 Å². The van der Waals surface area contributed by atoms with E-state index in [9.17, 15) is 0 Å². The Morgan fingerprint density at radius 3 is 2.68 bits per heavy atom. The number of hydrogen-bond acceptors (Lipinski definition) is 5. The standard InChI is InChI=1S/C15H19N7/c1-11-7-18-21(10-11)5-4-17-14-8-16-9-15(19-14)22-13(3)6-12(2)20-22/h6-10H,4-5H2,1-3H3,(H,17,19). The van der Waals surface area contributed by atoms with E-state index < -0.39 is 0 Å². The summed E-state index contributed by atoms with van der Waals surface area (Å²) in [5, 5.41) is 11.9. The van der Waals surface area contributed by atoms with Gasteiger partial charge >= 0.3 is 0 Å². The highest BCUT2D eigenvalue weighted by Gasteiger charge is 2.06. The van der Waals surface area contributed by atoms with Crippen molar-refractivity contribution in [3.05, 3.63) is 47.8 Å². The number of aromatic nitrogens is 6. The monoisotopic (exact) mass is 297 g/mol. The van der Waals surface area contributed by atoms with Crippen LogP contribution in [0.5, 0.6) is 0 Å². The van der Waals surface area contributed by atoms with Crippen molar-refractivity contribution in [3.63, 3.8) is 0 Å². The molecule has 0 unspecified atom stereocenters. The van der Waals surface area contributed by atoms with Crippen molar-refractivity contribution in [2.24, 2.45) is 0 Å². The fourth-order valence-corrected chi connectivity index (χ4v) is 2.29. The van der Waals surface area contributed by atoms with Crippen LogP contribution in [-0.2, 0) is 6.54 Å². The van der Waals surface area contributed by atoms with Gasteiger partial charge < -0.3 is 5.32 Å². The molecule has 3 aromatic heterocycles. The van der Waals surface area contributed by atoms with Gasteiger partial charge in [-0.3, -0.25) is 9.67 Å². The van der Waals surface area contributed by atoms with Crippen LogP contribution >= 0.6 is 0 Å². The Hall–Kier alpha value is -2.70. The van der Waals surface area contributed by atoms with Gasteiger partial charge in [-0.25, -0.2) is 9.67 Å². The zero-order chi connectivity index (χ0) is 15.5. The molecule has 7 heteroatoms. The number of aryl methyl sites for hydroxylation is 3. The molecule has 0 aromatic carbocycles. The topological polar surface area (TPSA) is 73.5 Å². The number of nitrogens with one attached hydrogen (secondary N) is 1. The summed E-state index contributed by atoms with van der Waals surface area (Å²) < 4.78 is 3.70. The van der Waals surface area contributed by atoms with Crippen LogP contribution < -0.4 is 5.32 Å². The van der Waals surface area contributed by atoms with E-state index in [4.69, 9.17) is 0 Å². The first kappa shape index (κ1) is 14.2. The van der Waals surface area contributed by atoms with E-state index in [1.54, 1.807) is 17.1 Å². The largest absolute Gasteiger partial charge is 0.367 e. The van der Waals surface area contributed by atoms with Crippen LogP contribution in [0.25, 0.3) is 5.82 Å². The second kappa shape index (κ2) is 5.97. The quantitative estimate of drug-likeness (QED) is 0.778. The average molecular weight is 297 g/mol. The predicted molar refractivity (Wildman–Crippen MR) is 84.1 cm³/mol. The van der Waals surface area contributed by atoms with Gasteiger partial charge in [0.25, 0.3) is 0 Å². The first-order valence-corrected chi connectivity index (χ1v) is 7.20. The van der Waals surface area contributed by atoms with Gasteiger partial charge in [0, 0.05) is 18.4 Å². The van der Waals surface area contributed by atoms with Gasteiger partial charge in [0.2, 0.25) is 0 Å². The van der Waals surface area contributed by atoms with E-state index in [0.717, 1.165) is 35.9 Å². The van der Waals surface area contributed by atoms with Crippen LogP contribution in [0, 0.1) is 20.8 Å². The lowest BCUT2D eigenvalue weighted by Crippen LogP contribution is -2.13. The van der Waals surface area contributed by atoms with E-state index in [-0.39, 0.29) is 0 Å². The molecule has 0 saturated carbocycles. The Bertz CT molecular complexity index is 772. The van der Waals surface area contributed by atoms with Crippen molar-refractivity contribution in [1.82, 2.24) is 29.5 Å². The SMILES string of the molecule is Cc1cnn(CCNc2cncc(-n3nc(C)cc3C)n2)c1. The van der Waals surface area contributed by atoms with Gasteiger partial charge in [-0.05, 0) is 32.4 Å². The van der Waals surface area contributed by atoms with Crippen LogP contribution in [0.4, 0.5) is 5.82 Å². The van der Waals surface area contributed by atoms with Gasteiger partial charge in [-0.1, -0.05) is 0 Å². The minimum absolute atomic E-state index is 0.713. The highest BCUT2D eigenvalue weighted by molar-refractivity contribution is 5.36. The van der Waals surface area contributed by atoms with Crippen molar-refractivity contribution in [2.45, 2.75) is 27.3 Å². The smallest absolute Gasteiger partial charge is 0.174 e. The van der Waals surface area contributed by atoms with E-state index in [1.165, 1.54) is 0 Å². The molecule has 3 rings (SSSR count). The summed E-state index contributed by atoms with van der Waals surface area (Å²) in [4.78, 5) is 8.78. The average Bonchev–Trinajstić information content (AvgIpc) is 3.05. The number of rotatable bonds is 5. The molecule has 3 heterocycles. The summed E-state index contributed by atoms with van der Waals surface area (Å²) in [5.74, 6) is 1.44. The summed E-state index contributed by atoms with van der Waals surface area (Å²) in [6.45, 7) is 7.50. The maximum absolute atomic E-state index is 4.55. The number of anilines is 1. The first-order chi connectivity index (χ1) is 10.6. The lowest BCUT2D eigenvalue weighted by atomic mass is 10.4. The zero-order valence-corrected chi connectivity index (χ0v) is 13.0. The summed E-state index contributed by atoms with van der Waals surface area (Å²) in [7, 11) is 0. The fourth-order valence-electron chi connectivity index (χ4n) is 2.29. The van der Waals surface area contributed by atoms with Gasteiger partial charge in [0.05, 0.1) is 30.8 Å². The van der Waals surface area contributed by atoms with E-state index in [1.807, 2.05) is 43.9 Å². The minimum atomic E-state index is 0.713. The Balaban J connectivity index is 1.67. The van der Waals surface area contributed by atoms with Crippen molar-refractivity contribution >= 4 is 5.82 Å². The van der Waals surface area contributed by atoms with Gasteiger partial charge in [0.15, 0.2) is 5.82 Å². The summed E-state index contributed by atoms with van der Waals surface area (Å²) in [6.07, 6.45) is 7.29. The molecule has 0 aliphatic carbocycles. The Morgan fingerprint density at radius 1 is 1.14 bits per heavy atom. The molecule has 0 fully saturated rings. The van der Waals surface area contributed by atoms with Crippen molar-refractivity contribution < 1.29 is 0 Å². The molecule has 0 atom stereocenters. The molecule has 0 aliphatic heterocycles. The van der Waals surface area contributed by atoms with E-state index in [2.05, 4.69) is 25.5 Å². The lowest BCUT2D eigenvalue weighted by Gasteiger charge is -2.08. The molecule has 0 saturated heterocycles.